The van der Waals surface area contributed by atoms with Crippen LogP contribution in [-0.2, 0) is 4.74 Å². The number of rotatable bonds is 4. The molecule has 0 amide bonds. The average molecular weight is 182 g/mol. The van der Waals surface area contributed by atoms with Gasteiger partial charge in [0.2, 0.25) is 0 Å². The van der Waals surface area contributed by atoms with Crippen molar-refractivity contribution in [2.45, 2.75) is 38.3 Å². The van der Waals surface area contributed by atoms with E-state index < -0.39 is 0 Å². The summed E-state index contributed by atoms with van der Waals surface area (Å²) in [6.07, 6.45) is 3.84. The summed E-state index contributed by atoms with van der Waals surface area (Å²) < 4.78 is 5.27. The van der Waals surface area contributed by atoms with E-state index in [0.717, 1.165) is 19.4 Å². The summed E-state index contributed by atoms with van der Waals surface area (Å²) in [4.78, 5) is 0. The lowest BCUT2D eigenvalue weighted by atomic mass is 10.2. The van der Waals surface area contributed by atoms with Crippen LogP contribution in [-0.4, -0.2) is 25.8 Å². The maximum Gasteiger partial charge on any atom is 0.0666 e. The van der Waals surface area contributed by atoms with E-state index in [4.69, 9.17) is 10.00 Å². The van der Waals surface area contributed by atoms with E-state index in [1.165, 1.54) is 6.42 Å². The van der Waals surface area contributed by atoms with Crippen molar-refractivity contribution in [3.63, 3.8) is 0 Å². The summed E-state index contributed by atoms with van der Waals surface area (Å²) in [6, 6.07) is 2.78. The molecule has 0 aromatic rings. The third-order valence-corrected chi connectivity index (χ3v) is 2.65. The standard InChI is InChI=1S/C10H18N2O/c1-8(6-11)7-12-9-3-4-10(5-9)13-2/h8-10,12H,3-5,7H2,1-2H3. The highest BCUT2D eigenvalue weighted by molar-refractivity contribution is 4.85. The van der Waals surface area contributed by atoms with Crippen LogP contribution in [0.1, 0.15) is 26.2 Å². The molecule has 13 heavy (non-hydrogen) atoms. The fraction of sp³-hybridized carbons (Fsp3) is 0.900. The van der Waals surface area contributed by atoms with Crippen molar-refractivity contribution in [3.8, 4) is 6.07 Å². The number of nitrogens with one attached hydrogen (secondary N) is 1. The Kier molecular flexibility index (Phi) is 4.20. The number of hydrogen-bond acceptors (Lipinski definition) is 3. The van der Waals surface area contributed by atoms with Crippen LogP contribution in [0.4, 0.5) is 0 Å². The topological polar surface area (TPSA) is 45.0 Å². The van der Waals surface area contributed by atoms with Gasteiger partial charge in [-0.2, -0.15) is 5.26 Å². The second kappa shape index (κ2) is 5.21. The van der Waals surface area contributed by atoms with Gasteiger partial charge in [0.1, 0.15) is 0 Å². The van der Waals surface area contributed by atoms with Gasteiger partial charge >= 0.3 is 0 Å². The molecule has 1 N–H and O–H groups in total. The van der Waals surface area contributed by atoms with E-state index in [0.29, 0.717) is 12.1 Å². The predicted octanol–water partition coefficient (Wildman–Crippen LogP) is 1.30. The van der Waals surface area contributed by atoms with Gasteiger partial charge in [0.25, 0.3) is 0 Å². The lowest BCUT2D eigenvalue weighted by Crippen LogP contribution is -2.30. The molecule has 0 spiro atoms. The summed E-state index contributed by atoms with van der Waals surface area (Å²) in [5.41, 5.74) is 0. The van der Waals surface area contributed by atoms with Gasteiger partial charge < -0.3 is 10.1 Å². The van der Waals surface area contributed by atoms with Gasteiger partial charge in [0.05, 0.1) is 18.1 Å². The average Bonchev–Trinajstić information content (AvgIpc) is 2.61. The number of nitriles is 1. The molecule has 3 heteroatoms. The Morgan fingerprint density at radius 3 is 2.92 bits per heavy atom. The molecule has 0 aliphatic heterocycles. The maximum atomic E-state index is 8.59. The zero-order valence-corrected chi connectivity index (χ0v) is 8.42. The second-order valence-corrected chi connectivity index (χ2v) is 3.81. The molecule has 3 nitrogen and oxygen atoms in total. The van der Waals surface area contributed by atoms with Crippen LogP contribution in [0.2, 0.25) is 0 Å². The number of nitrogens with zero attached hydrogens (tertiary/aromatic N) is 1. The molecule has 74 valence electrons. The fourth-order valence-corrected chi connectivity index (χ4v) is 1.73. The van der Waals surface area contributed by atoms with Crippen LogP contribution in [0.3, 0.4) is 0 Å². The molecule has 1 fully saturated rings. The van der Waals surface area contributed by atoms with Gasteiger partial charge in [0.15, 0.2) is 0 Å². The molecule has 1 aliphatic carbocycles. The van der Waals surface area contributed by atoms with E-state index in [9.17, 15) is 0 Å². The van der Waals surface area contributed by atoms with E-state index >= 15 is 0 Å². The number of methoxy groups -OCH3 is 1. The highest BCUT2D eigenvalue weighted by Crippen LogP contribution is 2.21. The van der Waals surface area contributed by atoms with Gasteiger partial charge in [-0.25, -0.2) is 0 Å². The minimum absolute atomic E-state index is 0.113. The van der Waals surface area contributed by atoms with Crippen LogP contribution in [0, 0.1) is 17.2 Å². The summed E-state index contributed by atoms with van der Waals surface area (Å²) in [5.74, 6) is 0.113. The third kappa shape index (κ3) is 3.33. The van der Waals surface area contributed by atoms with Gasteiger partial charge in [-0.1, -0.05) is 0 Å². The van der Waals surface area contributed by atoms with E-state index in [1.807, 2.05) is 6.92 Å². The molecule has 1 rings (SSSR count). The maximum absolute atomic E-state index is 8.59. The van der Waals surface area contributed by atoms with Crippen molar-refractivity contribution in [2.75, 3.05) is 13.7 Å². The highest BCUT2D eigenvalue weighted by Gasteiger charge is 2.23. The molecule has 0 bridgehead atoms. The molecule has 1 aliphatic rings. The SMILES string of the molecule is COC1CCC(NCC(C)C#N)C1. The monoisotopic (exact) mass is 182 g/mol. The number of hydrogen-bond donors (Lipinski definition) is 1. The summed E-state index contributed by atoms with van der Waals surface area (Å²) in [7, 11) is 1.77. The Hall–Kier alpha value is -0.590. The Morgan fingerprint density at radius 2 is 2.38 bits per heavy atom. The quantitative estimate of drug-likeness (QED) is 0.713. The molecule has 0 radical (unpaired) electrons. The van der Waals surface area contributed by atoms with Gasteiger partial charge in [-0.3, -0.25) is 0 Å². The smallest absolute Gasteiger partial charge is 0.0666 e. The van der Waals surface area contributed by atoms with Crippen LogP contribution in [0.25, 0.3) is 0 Å². The second-order valence-electron chi connectivity index (χ2n) is 3.81. The van der Waals surface area contributed by atoms with E-state index in [2.05, 4.69) is 11.4 Å². The van der Waals surface area contributed by atoms with Crippen molar-refractivity contribution >= 4 is 0 Å². The Balaban J connectivity index is 2.14. The molecule has 0 aromatic heterocycles. The van der Waals surface area contributed by atoms with Crippen LogP contribution in [0.5, 0.6) is 0 Å². The van der Waals surface area contributed by atoms with Gasteiger partial charge in [0, 0.05) is 19.7 Å². The normalized spacial score (nSPS) is 29.9. The summed E-state index contributed by atoms with van der Waals surface area (Å²) in [5, 5.41) is 12.0. The Morgan fingerprint density at radius 1 is 1.62 bits per heavy atom. The predicted molar refractivity (Wildman–Crippen MR) is 51.2 cm³/mol. The molecule has 3 atom stereocenters. The summed E-state index contributed by atoms with van der Waals surface area (Å²) >= 11 is 0. The van der Waals surface area contributed by atoms with Crippen molar-refractivity contribution in [3.05, 3.63) is 0 Å². The van der Waals surface area contributed by atoms with Crippen LogP contribution >= 0.6 is 0 Å². The zero-order chi connectivity index (χ0) is 9.68. The molecule has 0 saturated heterocycles. The Bertz CT molecular complexity index is 188. The van der Waals surface area contributed by atoms with E-state index in [-0.39, 0.29) is 5.92 Å². The fourth-order valence-electron chi connectivity index (χ4n) is 1.73. The zero-order valence-electron chi connectivity index (χ0n) is 8.42. The molecular weight excluding hydrogens is 164 g/mol. The van der Waals surface area contributed by atoms with Crippen molar-refractivity contribution < 1.29 is 4.74 Å². The van der Waals surface area contributed by atoms with Gasteiger partial charge in [-0.15, -0.1) is 0 Å². The van der Waals surface area contributed by atoms with Crippen LogP contribution < -0.4 is 5.32 Å². The molecule has 3 unspecified atom stereocenters. The first-order valence-electron chi connectivity index (χ1n) is 4.92. The molecular formula is C10H18N2O. The lowest BCUT2D eigenvalue weighted by Gasteiger charge is -2.13. The van der Waals surface area contributed by atoms with E-state index in [1.54, 1.807) is 7.11 Å². The highest BCUT2D eigenvalue weighted by atomic mass is 16.5. The van der Waals surface area contributed by atoms with Gasteiger partial charge in [-0.05, 0) is 26.2 Å². The molecule has 1 saturated carbocycles. The Labute approximate surface area is 80.1 Å². The van der Waals surface area contributed by atoms with Crippen molar-refractivity contribution in [1.82, 2.24) is 5.32 Å². The summed E-state index contributed by atoms with van der Waals surface area (Å²) in [6.45, 7) is 2.74. The first-order chi connectivity index (χ1) is 6.26. The number of ether oxygens (including phenoxy) is 1. The third-order valence-electron chi connectivity index (χ3n) is 2.65. The first kappa shape index (κ1) is 10.5. The largest absolute Gasteiger partial charge is 0.381 e. The minimum Gasteiger partial charge on any atom is -0.381 e. The minimum atomic E-state index is 0.113. The van der Waals surface area contributed by atoms with Crippen molar-refractivity contribution in [2.24, 2.45) is 5.92 Å². The first-order valence-corrected chi connectivity index (χ1v) is 4.92. The van der Waals surface area contributed by atoms with Crippen LogP contribution in [0.15, 0.2) is 0 Å². The lowest BCUT2D eigenvalue weighted by molar-refractivity contribution is 0.107. The molecule has 0 heterocycles. The molecule has 0 aromatic carbocycles. The van der Waals surface area contributed by atoms with Crippen molar-refractivity contribution in [1.29, 1.82) is 5.26 Å².